The Bertz CT molecular complexity index is 497. The highest BCUT2D eigenvalue weighted by molar-refractivity contribution is 7.15. The monoisotopic (exact) mass is 245 g/mol. The number of pyridine rings is 1. The van der Waals surface area contributed by atoms with Crippen LogP contribution in [0.15, 0.2) is 30.5 Å². The lowest BCUT2D eigenvalue weighted by atomic mass is 10.0. The fourth-order valence-corrected chi connectivity index (χ4v) is 2.72. The second-order valence-electron chi connectivity index (χ2n) is 4.99. The van der Waals surface area contributed by atoms with Gasteiger partial charge in [-0.2, -0.15) is 0 Å². The fourth-order valence-electron chi connectivity index (χ4n) is 1.74. The van der Waals surface area contributed by atoms with Crippen molar-refractivity contribution in [2.24, 2.45) is 0 Å². The van der Waals surface area contributed by atoms with Gasteiger partial charge in [0, 0.05) is 11.1 Å². The number of aromatic nitrogens is 1. The maximum atomic E-state index is 4.48. The van der Waals surface area contributed by atoms with Gasteiger partial charge in [0.05, 0.1) is 10.6 Å². The van der Waals surface area contributed by atoms with Gasteiger partial charge in [0.15, 0.2) is 0 Å². The van der Waals surface area contributed by atoms with E-state index in [1.165, 1.54) is 15.3 Å². The molecule has 2 heteroatoms. The van der Waals surface area contributed by atoms with Crippen molar-refractivity contribution < 1.29 is 0 Å². The van der Waals surface area contributed by atoms with E-state index in [0.29, 0.717) is 11.8 Å². The van der Waals surface area contributed by atoms with E-state index in [1.54, 1.807) is 0 Å². The highest BCUT2D eigenvalue weighted by Crippen LogP contribution is 2.31. The van der Waals surface area contributed by atoms with Gasteiger partial charge in [-0.25, -0.2) is 0 Å². The van der Waals surface area contributed by atoms with Crippen LogP contribution >= 0.6 is 11.3 Å². The zero-order chi connectivity index (χ0) is 12.4. The molecule has 90 valence electrons. The van der Waals surface area contributed by atoms with Crippen molar-refractivity contribution in [2.45, 2.75) is 39.5 Å². The summed E-state index contributed by atoms with van der Waals surface area (Å²) in [4.78, 5) is 7.18. The minimum atomic E-state index is 0.557. The maximum absolute atomic E-state index is 4.48. The average Bonchev–Trinajstić information content (AvgIpc) is 2.78. The molecule has 2 aromatic heterocycles. The van der Waals surface area contributed by atoms with Gasteiger partial charge >= 0.3 is 0 Å². The van der Waals surface area contributed by atoms with Crippen LogP contribution in [0.5, 0.6) is 0 Å². The Morgan fingerprint density at radius 3 is 2.35 bits per heavy atom. The van der Waals surface area contributed by atoms with Gasteiger partial charge in [0.2, 0.25) is 0 Å². The molecule has 2 rings (SSSR count). The standard InChI is InChI=1S/C15H19NS/c1-10(2)12-7-8-16-13(9-12)15-6-5-14(17-15)11(3)4/h5-11H,1-4H3. The van der Waals surface area contributed by atoms with Crippen LogP contribution in [0.3, 0.4) is 0 Å². The predicted molar refractivity (Wildman–Crippen MR) is 75.7 cm³/mol. The lowest BCUT2D eigenvalue weighted by molar-refractivity contribution is 0.864. The van der Waals surface area contributed by atoms with Crippen LogP contribution < -0.4 is 0 Å². The maximum Gasteiger partial charge on any atom is 0.0804 e. The van der Waals surface area contributed by atoms with Gasteiger partial charge in [0.1, 0.15) is 0 Å². The van der Waals surface area contributed by atoms with Crippen LogP contribution in [0.1, 0.15) is 50.0 Å². The summed E-state index contributed by atoms with van der Waals surface area (Å²) in [6.07, 6.45) is 1.92. The first-order chi connectivity index (χ1) is 8.08. The molecule has 0 bridgehead atoms. The molecule has 0 aromatic carbocycles. The first kappa shape index (κ1) is 12.3. The van der Waals surface area contributed by atoms with Crippen LogP contribution in [0.2, 0.25) is 0 Å². The molecule has 1 nitrogen and oxygen atoms in total. The van der Waals surface area contributed by atoms with E-state index in [2.05, 4.69) is 56.9 Å². The largest absolute Gasteiger partial charge is 0.255 e. The van der Waals surface area contributed by atoms with Crippen LogP contribution in [-0.4, -0.2) is 4.98 Å². The number of hydrogen-bond donors (Lipinski definition) is 0. The quantitative estimate of drug-likeness (QED) is 0.736. The third-order valence-electron chi connectivity index (χ3n) is 2.90. The molecule has 0 radical (unpaired) electrons. The number of hydrogen-bond acceptors (Lipinski definition) is 2. The van der Waals surface area contributed by atoms with Crippen LogP contribution in [0, 0.1) is 0 Å². The van der Waals surface area contributed by atoms with Gasteiger partial charge in [-0.05, 0) is 41.7 Å². The number of nitrogens with zero attached hydrogens (tertiary/aromatic N) is 1. The Labute approximate surface area is 108 Å². The molecule has 0 spiro atoms. The summed E-state index contributed by atoms with van der Waals surface area (Å²) in [6.45, 7) is 8.89. The second kappa shape index (κ2) is 5.01. The number of thiophene rings is 1. The summed E-state index contributed by atoms with van der Waals surface area (Å²) in [5.41, 5.74) is 2.46. The van der Waals surface area contributed by atoms with Crippen molar-refractivity contribution in [3.8, 4) is 10.6 Å². The normalized spacial score (nSPS) is 11.4. The van der Waals surface area contributed by atoms with Crippen molar-refractivity contribution in [1.29, 1.82) is 0 Å². The Kier molecular flexibility index (Phi) is 3.63. The highest BCUT2D eigenvalue weighted by Gasteiger charge is 2.08. The lowest BCUT2D eigenvalue weighted by Crippen LogP contribution is -1.89. The smallest absolute Gasteiger partial charge is 0.0804 e. The fraction of sp³-hybridized carbons (Fsp3) is 0.400. The van der Waals surface area contributed by atoms with E-state index in [-0.39, 0.29) is 0 Å². The first-order valence-electron chi connectivity index (χ1n) is 6.14. The van der Waals surface area contributed by atoms with Gasteiger partial charge in [-0.1, -0.05) is 27.7 Å². The molecule has 2 aromatic rings. The zero-order valence-corrected chi connectivity index (χ0v) is 11.7. The molecule has 0 aliphatic heterocycles. The van der Waals surface area contributed by atoms with Crippen LogP contribution in [0.4, 0.5) is 0 Å². The molecule has 0 atom stereocenters. The summed E-state index contributed by atoms with van der Waals surface area (Å²) >= 11 is 1.85. The van der Waals surface area contributed by atoms with Crippen molar-refractivity contribution >= 4 is 11.3 Å². The van der Waals surface area contributed by atoms with E-state index in [4.69, 9.17) is 0 Å². The Morgan fingerprint density at radius 1 is 1.00 bits per heavy atom. The van der Waals surface area contributed by atoms with Gasteiger partial charge in [0.25, 0.3) is 0 Å². The molecular weight excluding hydrogens is 226 g/mol. The highest BCUT2D eigenvalue weighted by atomic mass is 32.1. The molecule has 0 fully saturated rings. The van der Waals surface area contributed by atoms with Crippen molar-refractivity contribution in [2.75, 3.05) is 0 Å². The Balaban J connectivity index is 2.35. The SMILES string of the molecule is CC(C)c1ccnc(-c2ccc(C(C)C)s2)c1. The summed E-state index contributed by atoms with van der Waals surface area (Å²) < 4.78 is 0. The van der Waals surface area contributed by atoms with Gasteiger partial charge in [-0.15, -0.1) is 11.3 Å². The van der Waals surface area contributed by atoms with Gasteiger partial charge < -0.3 is 0 Å². The summed E-state index contributed by atoms with van der Waals surface area (Å²) in [6, 6.07) is 8.71. The molecular formula is C15H19NS. The predicted octanol–water partition coefficient (Wildman–Crippen LogP) is 5.06. The molecule has 0 saturated carbocycles. The van der Waals surface area contributed by atoms with Crippen LogP contribution in [0.25, 0.3) is 10.6 Å². The molecule has 0 N–H and O–H groups in total. The van der Waals surface area contributed by atoms with E-state index < -0.39 is 0 Å². The van der Waals surface area contributed by atoms with Gasteiger partial charge in [-0.3, -0.25) is 4.98 Å². The van der Waals surface area contributed by atoms with Crippen LogP contribution in [-0.2, 0) is 0 Å². The van der Waals surface area contributed by atoms with E-state index >= 15 is 0 Å². The van der Waals surface area contributed by atoms with Crippen molar-refractivity contribution in [3.63, 3.8) is 0 Å². The molecule has 0 amide bonds. The molecule has 17 heavy (non-hydrogen) atoms. The van der Waals surface area contributed by atoms with E-state index in [0.717, 1.165) is 5.69 Å². The Hall–Kier alpha value is -1.15. The molecule has 0 aliphatic carbocycles. The average molecular weight is 245 g/mol. The molecule has 0 unspecified atom stereocenters. The lowest BCUT2D eigenvalue weighted by Gasteiger charge is -2.06. The third kappa shape index (κ3) is 2.75. The van der Waals surface area contributed by atoms with E-state index in [9.17, 15) is 0 Å². The van der Waals surface area contributed by atoms with Crippen molar-refractivity contribution in [3.05, 3.63) is 40.9 Å². The summed E-state index contributed by atoms with van der Waals surface area (Å²) in [5.74, 6) is 1.16. The third-order valence-corrected chi connectivity index (χ3v) is 4.31. The minimum Gasteiger partial charge on any atom is -0.255 e. The van der Waals surface area contributed by atoms with E-state index in [1.807, 2.05) is 17.5 Å². The topological polar surface area (TPSA) is 12.9 Å². The Morgan fingerprint density at radius 2 is 1.76 bits per heavy atom. The summed E-state index contributed by atoms with van der Waals surface area (Å²) in [5, 5.41) is 0. The molecule has 0 aliphatic rings. The second-order valence-corrected chi connectivity index (χ2v) is 6.10. The first-order valence-corrected chi connectivity index (χ1v) is 6.95. The number of rotatable bonds is 3. The minimum absolute atomic E-state index is 0.557. The summed E-state index contributed by atoms with van der Waals surface area (Å²) in [7, 11) is 0. The zero-order valence-electron chi connectivity index (χ0n) is 10.9. The molecule has 0 saturated heterocycles. The molecule has 2 heterocycles. The van der Waals surface area contributed by atoms with Crippen molar-refractivity contribution in [1.82, 2.24) is 4.98 Å².